The molecule has 0 saturated carbocycles. The van der Waals surface area contributed by atoms with Crippen LogP contribution in [0.15, 0.2) is 23.4 Å². The number of esters is 1. The van der Waals surface area contributed by atoms with E-state index in [1.54, 1.807) is 29.9 Å². The van der Waals surface area contributed by atoms with Gasteiger partial charge in [-0.1, -0.05) is 23.4 Å². The van der Waals surface area contributed by atoms with Crippen molar-refractivity contribution in [1.29, 1.82) is 0 Å². The highest BCUT2D eigenvalue weighted by Crippen LogP contribution is 2.39. The number of carbonyl (C=O) groups excluding carboxylic acids is 2. The molecule has 1 aliphatic rings. The quantitative estimate of drug-likeness (QED) is 0.369. The van der Waals surface area contributed by atoms with E-state index >= 15 is 0 Å². The predicted octanol–water partition coefficient (Wildman–Crippen LogP) is 4.60. The number of halogens is 1. The Kier molecular flexibility index (Phi) is 7.26. The monoisotopic (exact) mass is 506 g/mol. The van der Waals surface area contributed by atoms with Crippen LogP contribution in [-0.2, 0) is 29.4 Å². The molecular weight excluding hydrogens is 484 g/mol. The fourth-order valence-corrected chi connectivity index (χ4v) is 5.97. The molecule has 3 aromatic rings. The number of aryl methyl sites for hydroxylation is 1. The molecule has 33 heavy (non-hydrogen) atoms. The molecule has 0 saturated heterocycles. The summed E-state index contributed by atoms with van der Waals surface area (Å²) in [5, 5.41) is 13.1. The van der Waals surface area contributed by atoms with Crippen LogP contribution in [0.1, 0.15) is 33.6 Å². The number of carbonyl (C=O) groups is 2. The van der Waals surface area contributed by atoms with Crippen molar-refractivity contribution in [2.45, 2.75) is 30.8 Å². The molecular formula is C22H23ClN4O4S2. The van der Waals surface area contributed by atoms with Gasteiger partial charge in [-0.3, -0.25) is 4.79 Å². The Bertz CT molecular complexity index is 1210. The van der Waals surface area contributed by atoms with Crippen LogP contribution in [0.5, 0.6) is 5.75 Å². The van der Waals surface area contributed by atoms with E-state index in [-0.39, 0.29) is 11.7 Å². The van der Waals surface area contributed by atoms with Gasteiger partial charge in [0, 0.05) is 16.9 Å². The zero-order chi connectivity index (χ0) is 23.5. The Hall–Kier alpha value is -2.56. The van der Waals surface area contributed by atoms with E-state index in [2.05, 4.69) is 15.5 Å². The zero-order valence-electron chi connectivity index (χ0n) is 18.4. The van der Waals surface area contributed by atoms with Crippen molar-refractivity contribution in [1.82, 2.24) is 14.8 Å². The highest BCUT2D eigenvalue weighted by atomic mass is 35.5. The Morgan fingerprint density at radius 3 is 2.79 bits per heavy atom. The van der Waals surface area contributed by atoms with E-state index < -0.39 is 5.97 Å². The van der Waals surface area contributed by atoms with Crippen molar-refractivity contribution >= 4 is 51.6 Å². The highest BCUT2D eigenvalue weighted by Gasteiger charge is 2.27. The summed E-state index contributed by atoms with van der Waals surface area (Å²) in [6.45, 7) is 0. The lowest BCUT2D eigenvalue weighted by Gasteiger charge is -2.11. The fraction of sp³-hybridized carbons (Fsp3) is 0.364. The maximum Gasteiger partial charge on any atom is 0.341 e. The molecule has 1 N–H and O–H groups in total. The summed E-state index contributed by atoms with van der Waals surface area (Å²) in [7, 11) is 4.75. The van der Waals surface area contributed by atoms with Crippen LogP contribution in [0, 0.1) is 0 Å². The summed E-state index contributed by atoms with van der Waals surface area (Å²) in [5.74, 6) is 0.679. The number of hydrogen-bond acceptors (Lipinski definition) is 8. The molecule has 0 spiro atoms. The lowest BCUT2D eigenvalue weighted by Crippen LogP contribution is -2.17. The van der Waals surface area contributed by atoms with Gasteiger partial charge in [-0.15, -0.1) is 21.5 Å². The van der Waals surface area contributed by atoms with E-state index in [9.17, 15) is 9.59 Å². The molecule has 0 radical (unpaired) electrons. The summed E-state index contributed by atoms with van der Waals surface area (Å²) in [6.07, 6.45) is 3.87. The van der Waals surface area contributed by atoms with Crippen LogP contribution < -0.4 is 10.1 Å². The number of anilines is 1. The molecule has 11 heteroatoms. The minimum atomic E-state index is -0.411. The summed E-state index contributed by atoms with van der Waals surface area (Å²) < 4.78 is 12.2. The number of nitrogens with one attached hydrogen (secondary N) is 1. The maximum atomic E-state index is 12.7. The minimum Gasteiger partial charge on any atom is -0.496 e. The van der Waals surface area contributed by atoms with Crippen molar-refractivity contribution < 1.29 is 19.1 Å². The van der Waals surface area contributed by atoms with Crippen LogP contribution in [-0.4, -0.2) is 46.6 Å². The van der Waals surface area contributed by atoms with E-state index in [1.807, 2.05) is 7.05 Å². The number of amides is 1. The van der Waals surface area contributed by atoms with Gasteiger partial charge in [0.05, 0.1) is 31.1 Å². The Morgan fingerprint density at radius 2 is 2.03 bits per heavy atom. The number of benzene rings is 1. The SMILES string of the molecule is COC(=O)c1c(NC(=O)CSc2nnc(-c3cc(Cl)ccc3OC)n2C)sc2c1CCCC2. The normalized spacial score (nSPS) is 12.8. The second-order valence-corrected chi connectivity index (χ2v) is 9.94. The third kappa shape index (κ3) is 4.87. The molecule has 0 fully saturated rings. The summed E-state index contributed by atoms with van der Waals surface area (Å²) >= 11 is 8.86. The molecule has 1 aliphatic carbocycles. The Balaban J connectivity index is 1.48. The second kappa shape index (κ2) is 10.1. The van der Waals surface area contributed by atoms with Crippen LogP contribution in [0.25, 0.3) is 11.4 Å². The molecule has 2 heterocycles. The van der Waals surface area contributed by atoms with Gasteiger partial charge in [0.1, 0.15) is 10.8 Å². The second-order valence-electron chi connectivity index (χ2n) is 7.45. The van der Waals surface area contributed by atoms with Gasteiger partial charge in [0.15, 0.2) is 11.0 Å². The van der Waals surface area contributed by atoms with Crippen molar-refractivity contribution in [3.8, 4) is 17.1 Å². The summed E-state index contributed by atoms with van der Waals surface area (Å²) in [5.41, 5.74) is 2.21. The molecule has 1 amide bonds. The van der Waals surface area contributed by atoms with E-state index in [1.165, 1.54) is 30.2 Å². The zero-order valence-corrected chi connectivity index (χ0v) is 20.8. The van der Waals surface area contributed by atoms with Crippen molar-refractivity contribution in [3.63, 3.8) is 0 Å². The summed E-state index contributed by atoms with van der Waals surface area (Å²) in [4.78, 5) is 26.2. The first kappa shape index (κ1) is 23.6. The van der Waals surface area contributed by atoms with Crippen LogP contribution in [0.4, 0.5) is 5.00 Å². The smallest absolute Gasteiger partial charge is 0.341 e. The maximum absolute atomic E-state index is 12.7. The van der Waals surface area contributed by atoms with Crippen LogP contribution in [0.2, 0.25) is 5.02 Å². The number of methoxy groups -OCH3 is 2. The Morgan fingerprint density at radius 1 is 1.24 bits per heavy atom. The number of nitrogens with zero attached hydrogens (tertiary/aromatic N) is 3. The minimum absolute atomic E-state index is 0.113. The molecule has 1 aromatic carbocycles. The molecule has 0 atom stereocenters. The van der Waals surface area contributed by atoms with Gasteiger partial charge in [0.2, 0.25) is 5.91 Å². The van der Waals surface area contributed by atoms with E-state index in [0.29, 0.717) is 37.9 Å². The van der Waals surface area contributed by atoms with Crippen LogP contribution >= 0.6 is 34.7 Å². The predicted molar refractivity (Wildman–Crippen MR) is 130 cm³/mol. The average Bonchev–Trinajstić information content (AvgIpc) is 3.36. The highest BCUT2D eigenvalue weighted by molar-refractivity contribution is 7.99. The third-order valence-corrected chi connectivity index (χ3v) is 7.85. The average molecular weight is 507 g/mol. The first-order valence-electron chi connectivity index (χ1n) is 10.3. The number of fused-ring (bicyclic) bond motifs is 1. The number of thiophene rings is 1. The molecule has 2 aromatic heterocycles. The lowest BCUT2D eigenvalue weighted by atomic mass is 9.95. The standard InChI is InChI=1S/C22H23ClN4O4S2/c1-27-19(14-10-12(23)8-9-15(14)30-2)25-26-22(27)32-11-17(28)24-20-18(21(29)31-3)13-6-4-5-7-16(13)33-20/h8-10H,4-7,11H2,1-3H3,(H,24,28). The largest absolute Gasteiger partial charge is 0.496 e. The number of ether oxygens (including phenoxy) is 2. The van der Waals surface area contributed by atoms with Crippen molar-refractivity contribution in [2.24, 2.45) is 7.05 Å². The molecule has 0 bridgehead atoms. The van der Waals surface area contributed by atoms with Crippen molar-refractivity contribution in [2.75, 3.05) is 25.3 Å². The van der Waals surface area contributed by atoms with E-state index in [0.717, 1.165) is 36.1 Å². The van der Waals surface area contributed by atoms with Gasteiger partial charge >= 0.3 is 5.97 Å². The molecule has 4 rings (SSSR count). The first-order valence-corrected chi connectivity index (χ1v) is 12.5. The fourth-order valence-electron chi connectivity index (χ4n) is 3.79. The van der Waals surface area contributed by atoms with Crippen LogP contribution in [0.3, 0.4) is 0 Å². The summed E-state index contributed by atoms with van der Waals surface area (Å²) in [6, 6.07) is 5.27. The molecule has 174 valence electrons. The topological polar surface area (TPSA) is 95.3 Å². The van der Waals surface area contributed by atoms with Gasteiger partial charge in [0.25, 0.3) is 0 Å². The number of rotatable bonds is 7. The first-order chi connectivity index (χ1) is 15.9. The number of thioether (sulfide) groups is 1. The van der Waals surface area contributed by atoms with Gasteiger partial charge in [-0.25, -0.2) is 4.79 Å². The van der Waals surface area contributed by atoms with Crippen molar-refractivity contribution in [3.05, 3.63) is 39.2 Å². The lowest BCUT2D eigenvalue weighted by molar-refractivity contribution is -0.113. The van der Waals surface area contributed by atoms with E-state index in [4.69, 9.17) is 21.1 Å². The third-order valence-electron chi connectivity index (χ3n) is 5.38. The molecule has 0 aliphatic heterocycles. The molecule has 0 unspecified atom stereocenters. The Labute approximate surface area is 204 Å². The number of hydrogen-bond donors (Lipinski definition) is 1. The van der Waals surface area contributed by atoms with Gasteiger partial charge < -0.3 is 19.4 Å². The number of aromatic nitrogens is 3. The molecule has 8 nitrogen and oxygen atoms in total. The van der Waals surface area contributed by atoms with Gasteiger partial charge in [-0.2, -0.15) is 0 Å². The van der Waals surface area contributed by atoms with Gasteiger partial charge in [-0.05, 0) is 49.4 Å².